The topological polar surface area (TPSA) is 12.9 Å². The molecule has 1 heterocycles. The highest BCUT2D eigenvalue weighted by molar-refractivity contribution is 9.10. The Morgan fingerprint density at radius 2 is 1.07 bits per heavy atom. The quantitative estimate of drug-likeness (QED) is 0.302. The van der Waals surface area contributed by atoms with Crippen LogP contribution in [0.4, 0.5) is 0 Å². The zero-order chi connectivity index (χ0) is 18.5. The monoisotopic (exact) mass is 512 g/mol. The van der Waals surface area contributed by atoms with Crippen LogP contribution in [0.2, 0.25) is 0 Å². The van der Waals surface area contributed by atoms with Gasteiger partial charge in [0.25, 0.3) is 0 Å². The van der Waals surface area contributed by atoms with Crippen LogP contribution in [-0.2, 0) is 6.16 Å². The van der Waals surface area contributed by atoms with E-state index in [2.05, 4.69) is 118 Å². The molecule has 0 radical (unpaired) electrons. The number of hydrogen-bond donors (Lipinski definition) is 0. The van der Waals surface area contributed by atoms with Gasteiger partial charge in [0.05, 0.1) is 6.16 Å². The maximum absolute atomic E-state index is 4.42. The molecule has 140 valence electrons. The Hall–Kier alpha value is -1.80. The summed E-state index contributed by atoms with van der Waals surface area (Å²) >= 11 is 3.59. The average Bonchev–Trinajstić information content (AvgIpc) is 2.74. The molecule has 0 saturated heterocycles. The first-order chi connectivity index (χ1) is 13.3. The van der Waals surface area contributed by atoms with Gasteiger partial charge < -0.3 is 0 Å². The lowest BCUT2D eigenvalue weighted by molar-refractivity contribution is 1.23. The Balaban J connectivity index is 0.00000225. The van der Waals surface area contributed by atoms with Gasteiger partial charge in [-0.05, 0) is 58.4 Å². The van der Waals surface area contributed by atoms with Crippen molar-refractivity contribution in [3.63, 3.8) is 0 Å². The highest BCUT2D eigenvalue weighted by Crippen LogP contribution is 2.58. The second-order valence-corrected chi connectivity index (χ2v) is 10.9. The number of aromatic nitrogens is 1. The minimum absolute atomic E-state index is 0. The third-order valence-electron chi connectivity index (χ3n) is 4.77. The standard InChI is InChI=1S/C24H20BrNP.BrH/c25-21-16-20(17-26-18-21)19-27(22-10-4-1-5-11-22,23-12-6-2-7-13-23)24-14-8-3-9-15-24;/h1-18H,19H2;1H/q+1;. The third kappa shape index (κ3) is 4.27. The molecule has 0 aliphatic rings. The summed E-state index contributed by atoms with van der Waals surface area (Å²) in [4.78, 5) is 4.42. The van der Waals surface area contributed by atoms with E-state index in [9.17, 15) is 0 Å². The van der Waals surface area contributed by atoms with Gasteiger partial charge in [0.1, 0.15) is 23.2 Å². The fraction of sp³-hybridized carbons (Fsp3) is 0.0417. The largest absolute Gasteiger partial charge is 0.263 e. The summed E-state index contributed by atoms with van der Waals surface area (Å²) in [5.74, 6) is 0. The fourth-order valence-corrected chi connectivity index (χ4v) is 8.20. The van der Waals surface area contributed by atoms with E-state index in [1.165, 1.54) is 21.5 Å². The first-order valence-electron chi connectivity index (χ1n) is 8.93. The Morgan fingerprint density at radius 1 is 0.643 bits per heavy atom. The highest BCUT2D eigenvalue weighted by Gasteiger charge is 2.45. The summed E-state index contributed by atoms with van der Waals surface area (Å²) in [5.41, 5.74) is 1.24. The van der Waals surface area contributed by atoms with Crippen LogP contribution in [-0.4, -0.2) is 4.98 Å². The Kier molecular flexibility index (Phi) is 7.18. The van der Waals surface area contributed by atoms with Crippen molar-refractivity contribution in [3.05, 3.63) is 119 Å². The fourth-order valence-electron chi connectivity index (χ4n) is 3.58. The Bertz CT molecular complexity index is 912. The molecule has 0 aliphatic carbocycles. The second kappa shape index (κ2) is 9.60. The number of hydrogen-bond acceptors (Lipinski definition) is 1. The highest BCUT2D eigenvalue weighted by atomic mass is 79.9. The van der Waals surface area contributed by atoms with Crippen LogP contribution in [0.3, 0.4) is 0 Å². The Labute approximate surface area is 186 Å². The molecular weight excluding hydrogens is 493 g/mol. The molecule has 4 heteroatoms. The van der Waals surface area contributed by atoms with E-state index in [0.717, 1.165) is 10.6 Å². The predicted octanol–water partition coefficient (Wildman–Crippen LogP) is 5.92. The number of rotatable bonds is 5. The van der Waals surface area contributed by atoms with Gasteiger partial charge in [-0.1, -0.05) is 54.6 Å². The number of nitrogens with zero attached hydrogens (tertiary/aromatic N) is 1. The van der Waals surface area contributed by atoms with E-state index < -0.39 is 7.26 Å². The zero-order valence-corrected chi connectivity index (χ0v) is 19.5. The molecule has 0 aliphatic heterocycles. The van der Waals surface area contributed by atoms with Gasteiger partial charge in [0, 0.05) is 22.4 Å². The Morgan fingerprint density at radius 3 is 1.46 bits per heavy atom. The van der Waals surface area contributed by atoms with Crippen molar-refractivity contribution in [2.45, 2.75) is 6.16 Å². The molecule has 1 nitrogen and oxygen atoms in total. The SMILES string of the molecule is Br.Brc1cncc(C[P+](c2ccccc2)(c2ccccc2)c2ccccc2)c1. The summed E-state index contributed by atoms with van der Waals surface area (Å²) in [6.45, 7) is 0. The molecule has 0 bridgehead atoms. The van der Waals surface area contributed by atoms with Crippen LogP contribution in [0.1, 0.15) is 5.56 Å². The zero-order valence-electron chi connectivity index (χ0n) is 15.3. The van der Waals surface area contributed by atoms with Crippen molar-refractivity contribution in [3.8, 4) is 0 Å². The van der Waals surface area contributed by atoms with Crippen molar-refractivity contribution < 1.29 is 0 Å². The molecular formula is C24H21Br2NP+. The molecule has 28 heavy (non-hydrogen) atoms. The van der Waals surface area contributed by atoms with Gasteiger partial charge in [0.2, 0.25) is 0 Å². The molecule has 1 aromatic heterocycles. The lowest BCUT2D eigenvalue weighted by Gasteiger charge is -2.27. The summed E-state index contributed by atoms with van der Waals surface area (Å²) in [5, 5.41) is 4.17. The van der Waals surface area contributed by atoms with Crippen LogP contribution in [0.15, 0.2) is 114 Å². The minimum atomic E-state index is -1.86. The molecule has 0 saturated carbocycles. The molecule has 0 atom stereocenters. The van der Waals surface area contributed by atoms with Gasteiger partial charge in [-0.2, -0.15) is 0 Å². The second-order valence-electron chi connectivity index (χ2n) is 6.49. The molecule has 0 unspecified atom stereocenters. The normalized spacial score (nSPS) is 10.9. The minimum Gasteiger partial charge on any atom is -0.263 e. The molecule has 0 spiro atoms. The summed E-state index contributed by atoms with van der Waals surface area (Å²) in [7, 11) is -1.86. The van der Waals surface area contributed by atoms with Gasteiger partial charge in [-0.15, -0.1) is 17.0 Å². The first-order valence-corrected chi connectivity index (χ1v) is 11.7. The maximum atomic E-state index is 4.42. The molecule has 4 rings (SSSR count). The lowest BCUT2D eigenvalue weighted by Crippen LogP contribution is -2.32. The van der Waals surface area contributed by atoms with Crippen LogP contribution in [0, 0.1) is 0 Å². The van der Waals surface area contributed by atoms with Crippen molar-refractivity contribution in [2.24, 2.45) is 0 Å². The van der Waals surface area contributed by atoms with E-state index in [-0.39, 0.29) is 17.0 Å². The molecule has 0 N–H and O–H groups in total. The van der Waals surface area contributed by atoms with E-state index in [1.807, 2.05) is 12.4 Å². The summed E-state index contributed by atoms with van der Waals surface area (Å²) in [6.07, 6.45) is 4.78. The van der Waals surface area contributed by atoms with Crippen molar-refractivity contribution >= 4 is 56.1 Å². The van der Waals surface area contributed by atoms with Gasteiger partial charge in [-0.25, -0.2) is 0 Å². The average molecular weight is 514 g/mol. The number of benzene rings is 3. The van der Waals surface area contributed by atoms with Gasteiger partial charge in [-0.3, -0.25) is 4.98 Å². The van der Waals surface area contributed by atoms with E-state index in [1.54, 1.807) is 0 Å². The van der Waals surface area contributed by atoms with E-state index >= 15 is 0 Å². The van der Waals surface area contributed by atoms with E-state index in [0.29, 0.717) is 0 Å². The summed E-state index contributed by atoms with van der Waals surface area (Å²) in [6, 6.07) is 35.0. The van der Waals surface area contributed by atoms with Crippen LogP contribution < -0.4 is 15.9 Å². The van der Waals surface area contributed by atoms with Crippen molar-refractivity contribution in [1.82, 2.24) is 4.98 Å². The van der Waals surface area contributed by atoms with Crippen molar-refractivity contribution in [1.29, 1.82) is 0 Å². The summed E-state index contributed by atoms with van der Waals surface area (Å²) < 4.78 is 1.02. The van der Waals surface area contributed by atoms with E-state index in [4.69, 9.17) is 0 Å². The van der Waals surface area contributed by atoms with Gasteiger partial charge in [0.15, 0.2) is 0 Å². The van der Waals surface area contributed by atoms with Crippen LogP contribution in [0.5, 0.6) is 0 Å². The maximum Gasteiger partial charge on any atom is 0.116 e. The van der Waals surface area contributed by atoms with Crippen molar-refractivity contribution in [2.75, 3.05) is 0 Å². The first kappa shape index (κ1) is 20.9. The van der Waals surface area contributed by atoms with Gasteiger partial charge >= 0.3 is 0 Å². The number of pyridine rings is 1. The van der Waals surface area contributed by atoms with Crippen LogP contribution in [0.25, 0.3) is 0 Å². The molecule has 0 fully saturated rings. The third-order valence-corrected chi connectivity index (χ3v) is 9.58. The lowest BCUT2D eigenvalue weighted by atomic mass is 10.3. The molecule has 0 amide bonds. The smallest absolute Gasteiger partial charge is 0.116 e. The molecule has 4 aromatic rings. The molecule has 3 aromatic carbocycles. The van der Waals surface area contributed by atoms with Crippen LogP contribution >= 0.6 is 40.2 Å². The number of halogens is 2. The predicted molar refractivity (Wildman–Crippen MR) is 131 cm³/mol.